The molecule has 0 bridgehead atoms. The number of thiocarbonyl (C=S) groups is 1. The Morgan fingerprint density at radius 3 is 2.60 bits per heavy atom. The Morgan fingerprint density at radius 2 is 2.10 bits per heavy atom. The number of hydrogen-bond acceptors (Lipinski definition) is 2. The van der Waals surface area contributed by atoms with Crippen molar-refractivity contribution in [1.82, 2.24) is 5.32 Å². The van der Waals surface area contributed by atoms with Gasteiger partial charge in [-0.25, -0.2) is 0 Å². The molecule has 0 aliphatic carbocycles. The molecule has 20 heavy (non-hydrogen) atoms. The van der Waals surface area contributed by atoms with Crippen molar-refractivity contribution in [2.24, 2.45) is 11.7 Å². The van der Waals surface area contributed by atoms with Crippen LogP contribution >= 0.6 is 28.1 Å². The number of halogens is 4. The first-order valence-corrected chi connectivity index (χ1v) is 6.77. The number of rotatable bonds is 4. The normalized spacial score (nSPS) is 12.8. The fourth-order valence-corrected chi connectivity index (χ4v) is 1.83. The molecule has 0 aliphatic heterocycles. The van der Waals surface area contributed by atoms with E-state index in [1.54, 1.807) is 6.92 Å². The maximum Gasteiger partial charge on any atom is 0.416 e. The standard InChI is InChI=1S/C12H12BrF3N2OS/c1-6(10(17)20)5-18-11(19)8-4-7(12(14,15)16)2-3-9(8)13/h2-4,6H,5H2,1H3,(H2,17,20)(H,18,19). The molecule has 110 valence electrons. The van der Waals surface area contributed by atoms with Crippen LogP contribution in [0.15, 0.2) is 22.7 Å². The van der Waals surface area contributed by atoms with E-state index in [-0.39, 0.29) is 27.5 Å². The summed E-state index contributed by atoms with van der Waals surface area (Å²) in [6.45, 7) is 1.88. The molecule has 0 radical (unpaired) electrons. The monoisotopic (exact) mass is 368 g/mol. The van der Waals surface area contributed by atoms with E-state index in [0.29, 0.717) is 0 Å². The average molecular weight is 369 g/mol. The predicted molar refractivity (Wildman–Crippen MR) is 77.4 cm³/mol. The van der Waals surface area contributed by atoms with Crippen molar-refractivity contribution in [2.75, 3.05) is 6.54 Å². The molecule has 3 N–H and O–H groups in total. The molecule has 1 aromatic carbocycles. The van der Waals surface area contributed by atoms with Crippen LogP contribution in [0.3, 0.4) is 0 Å². The third kappa shape index (κ3) is 4.45. The minimum Gasteiger partial charge on any atom is -0.393 e. The highest BCUT2D eigenvalue weighted by molar-refractivity contribution is 9.10. The first-order chi connectivity index (χ1) is 9.12. The zero-order chi connectivity index (χ0) is 15.5. The van der Waals surface area contributed by atoms with Crippen LogP contribution in [-0.2, 0) is 6.18 Å². The highest BCUT2D eigenvalue weighted by Gasteiger charge is 2.31. The maximum absolute atomic E-state index is 12.6. The summed E-state index contributed by atoms with van der Waals surface area (Å²) in [7, 11) is 0. The topological polar surface area (TPSA) is 55.1 Å². The Balaban J connectivity index is 2.90. The molecule has 1 rings (SSSR count). The van der Waals surface area contributed by atoms with Crippen molar-refractivity contribution in [3.05, 3.63) is 33.8 Å². The van der Waals surface area contributed by atoms with Gasteiger partial charge in [0.25, 0.3) is 5.91 Å². The van der Waals surface area contributed by atoms with Crippen LogP contribution < -0.4 is 11.1 Å². The lowest BCUT2D eigenvalue weighted by Crippen LogP contribution is -2.33. The second kappa shape index (κ2) is 6.53. The smallest absolute Gasteiger partial charge is 0.393 e. The van der Waals surface area contributed by atoms with Crippen molar-refractivity contribution >= 4 is 39.0 Å². The van der Waals surface area contributed by atoms with Gasteiger partial charge in [-0.15, -0.1) is 0 Å². The summed E-state index contributed by atoms with van der Waals surface area (Å²) in [6.07, 6.45) is -4.50. The van der Waals surface area contributed by atoms with Gasteiger partial charge in [0.2, 0.25) is 0 Å². The van der Waals surface area contributed by atoms with E-state index >= 15 is 0 Å². The van der Waals surface area contributed by atoms with E-state index in [4.69, 9.17) is 18.0 Å². The molecule has 8 heteroatoms. The van der Waals surface area contributed by atoms with Crippen molar-refractivity contribution in [1.29, 1.82) is 0 Å². The second-order valence-corrected chi connectivity index (χ2v) is 5.53. The molecule has 3 nitrogen and oxygen atoms in total. The van der Waals surface area contributed by atoms with Crippen molar-refractivity contribution < 1.29 is 18.0 Å². The Labute approximate surface area is 127 Å². The Hall–Kier alpha value is -1.15. The summed E-state index contributed by atoms with van der Waals surface area (Å²) in [5, 5.41) is 2.50. The quantitative estimate of drug-likeness (QED) is 0.802. The lowest BCUT2D eigenvalue weighted by Gasteiger charge is -2.13. The summed E-state index contributed by atoms with van der Waals surface area (Å²) < 4.78 is 38.1. The average Bonchev–Trinajstić information content (AvgIpc) is 2.34. The van der Waals surface area contributed by atoms with Crippen LogP contribution in [0.2, 0.25) is 0 Å². The summed E-state index contributed by atoms with van der Waals surface area (Å²) in [4.78, 5) is 12.1. The van der Waals surface area contributed by atoms with Gasteiger partial charge in [0.1, 0.15) is 0 Å². The van der Waals surface area contributed by atoms with Gasteiger partial charge in [0.15, 0.2) is 0 Å². The van der Waals surface area contributed by atoms with E-state index < -0.39 is 17.6 Å². The molecule has 0 fully saturated rings. The van der Waals surface area contributed by atoms with Gasteiger partial charge in [0.05, 0.1) is 16.1 Å². The summed E-state index contributed by atoms with van der Waals surface area (Å²) >= 11 is 7.81. The van der Waals surface area contributed by atoms with Gasteiger partial charge in [-0.3, -0.25) is 4.79 Å². The van der Waals surface area contributed by atoms with E-state index in [9.17, 15) is 18.0 Å². The first kappa shape index (κ1) is 16.9. The van der Waals surface area contributed by atoms with Crippen LogP contribution in [0, 0.1) is 5.92 Å². The molecule has 0 aromatic heterocycles. The maximum atomic E-state index is 12.6. The summed E-state index contributed by atoms with van der Waals surface area (Å²) in [6, 6.07) is 2.89. The minimum absolute atomic E-state index is 0.0880. The number of hydrogen-bond donors (Lipinski definition) is 2. The van der Waals surface area contributed by atoms with Gasteiger partial charge < -0.3 is 11.1 Å². The number of nitrogens with two attached hydrogens (primary N) is 1. The van der Waals surface area contributed by atoms with Crippen LogP contribution in [-0.4, -0.2) is 17.4 Å². The SMILES string of the molecule is CC(CNC(=O)c1cc(C(F)(F)F)ccc1Br)C(N)=S. The number of carbonyl (C=O) groups is 1. The zero-order valence-electron chi connectivity index (χ0n) is 10.4. The Morgan fingerprint density at radius 1 is 1.50 bits per heavy atom. The molecule has 0 heterocycles. The highest BCUT2D eigenvalue weighted by Crippen LogP contribution is 2.31. The number of alkyl halides is 3. The molecule has 0 saturated heterocycles. The van der Waals surface area contributed by atoms with Crippen LogP contribution in [0.25, 0.3) is 0 Å². The predicted octanol–water partition coefficient (Wildman–Crippen LogP) is 3.12. The van der Waals surface area contributed by atoms with Crippen LogP contribution in [0.4, 0.5) is 13.2 Å². The van der Waals surface area contributed by atoms with Gasteiger partial charge >= 0.3 is 6.18 Å². The molecule has 1 atom stereocenters. The fraction of sp³-hybridized carbons (Fsp3) is 0.333. The number of benzene rings is 1. The fourth-order valence-electron chi connectivity index (χ4n) is 1.32. The van der Waals surface area contributed by atoms with E-state index in [0.717, 1.165) is 12.1 Å². The molecular formula is C12H12BrF3N2OS. The number of nitrogens with one attached hydrogen (secondary N) is 1. The van der Waals surface area contributed by atoms with E-state index in [2.05, 4.69) is 21.2 Å². The number of amides is 1. The molecule has 0 saturated carbocycles. The largest absolute Gasteiger partial charge is 0.416 e. The van der Waals surface area contributed by atoms with Gasteiger partial charge in [-0.1, -0.05) is 19.1 Å². The molecule has 0 spiro atoms. The van der Waals surface area contributed by atoms with Crippen LogP contribution in [0.1, 0.15) is 22.8 Å². The second-order valence-electron chi connectivity index (χ2n) is 4.21. The van der Waals surface area contributed by atoms with E-state index in [1.165, 1.54) is 6.07 Å². The van der Waals surface area contributed by atoms with E-state index in [1.807, 2.05) is 0 Å². The first-order valence-electron chi connectivity index (χ1n) is 5.57. The van der Waals surface area contributed by atoms with Gasteiger partial charge in [0, 0.05) is 16.9 Å². The zero-order valence-corrected chi connectivity index (χ0v) is 12.8. The van der Waals surface area contributed by atoms with Crippen molar-refractivity contribution in [2.45, 2.75) is 13.1 Å². The minimum atomic E-state index is -4.50. The third-order valence-corrected chi connectivity index (χ3v) is 3.69. The molecule has 1 amide bonds. The van der Waals surface area contributed by atoms with Crippen molar-refractivity contribution in [3.8, 4) is 0 Å². The molecule has 0 aliphatic rings. The lowest BCUT2D eigenvalue weighted by atomic mass is 10.1. The third-order valence-electron chi connectivity index (χ3n) is 2.59. The summed E-state index contributed by atoms with van der Waals surface area (Å²) in [5.41, 5.74) is 4.42. The van der Waals surface area contributed by atoms with Crippen LogP contribution in [0.5, 0.6) is 0 Å². The highest BCUT2D eigenvalue weighted by atomic mass is 79.9. The van der Waals surface area contributed by atoms with Crippen molar-refractivity contribution in [3.63, 3.8) is 0 Å². The van der Waals surface area contributed by atoms with Gasteiger partial charge in [-0.2, -0.15) is 13.2 Å². The number of carbonyl (C=O) groups excluding carboxylic acids is 1. The Kier molecular flexibility index (Phi) is 5.52. The Bertz CT molecular complexity index is 534. The molecular weight excluding hydrogens is 357 g/mol. The molecule has 1 unspecified atom stereocenters. The lowest BCUT2D eigenvalue weighted by molar-refractivity contribution is -0.137. The molecule has 1 aromatic rings. The summed E-state index contributed by atoms with van der Waals surface area (Å²) in [5.74, 6) is -0.857. The van der Waals surface area contributed by atoms with Gasteiger partial charge in [-0.05, 0) is 34.1 Å².